The average Bonchev–Trinajstić information content (AvgIpc) is 2.78. The molecule has 1 unspecified atom stereocenters. The maximum atomic E-state index is 11.7. The summed E-state index contributed by atoms with van der Waals surface area (Å²) >= 11 is 0. The van der Waals surface area contributed by atoms with E-state index in [9.17, 15) is 9.90 Å². The lowest BCUT2D eigenvalue weighted by atomic mass is 10.1. The molecule has 4 nitrogen and oxygen atoms in total. The second-order valence-corrected chi connectivity index (χ2v) is 4.67. The third-order valence-corrected chi connectivity index (χ3v) is 3.27. The van der Waals surface area contributed by atoms with Crippen LogP contribution in [0.4, 0.5) is 4.79 Å². The van der Waals surface area contributed by atoms with Crippen molar-refractivity contribution in [3.05, 3.63) is 48.6 Å². The first-order chi connectivity index (χ1) is 9.22. The van der Waals surface area contributed by atoms with Crippen LogP contribution >= 0.6 is 0 Å². The standard InChI is InChI=1S/C15H19NO3/c1-2-3-9-14(17)16-13(11-19-15(16)18)10-12-7-5-4-6-8-12/h2,4-8,13-14,17H,1,3,9-11H2/t13-,14?/m0/s1. The van der Waals surface area contributed by atoms with Gasteiger partial charge in [0.15, 0.2) is 0 Å². The molecular weight excluding hydrogens is 242 g/mol. The molecule has 1 amide bonds. The van der Waals surface area contributed by atoms with Gasteiger partial charge in [-0.1, -0.05) is 36.4 Å². The number of cyclic esters (lactones) is 1. The molecule has 1 fully saturated rings. The number of carbonyl (C=O) groups is 1. The Hall–Kier alpha value is -1.81. The molecule has 0 radical (unpaired) electrons. The molecule has 0 bridgehead atoms. The van der Waals surface area contributed by atoms with E-state index in [-0.39, 0.29) is 6.04 Å². The lowest BCUT2D eigenvalue weighted by molar-refractivity contribution is 0.0142. The molecule has 0 spiro atoms. The van der Waals surface area contributed by atoms with Crippen LogP contribution in [0.1, 0.15) is 18.4 Å². The molecule has 0 saturated carbocycles. The minimum absolute atomic E-state index is 0.102. The molecular formula is C15H19NO3. The number of allylic oxidation sites excluding steroid dienone is 1. The van der Waals surface area contributed by atoms with E-state index in [2.05, 4.69) is 6.58 Å². The fraction of sp³-hybridized carbons (Fsp3) is 0.400. The Balaban J connectivity index is 2.02. The summed E-state index contributed by atoms with van der Waals surface area (Å²) in [6.45, 7) is 3.95. The number of ether oxygens (including phenoxy) is 1. The van der Waals surface area contributed by atoms with Crippen molar-refractivity contribution in [2.75, 3.05) is 6.61 Å². The fourth-order valence-corrected chi connectivity index (χ4v) is 2.29. The number of benzene rings is 1. The Kier molecular flexibility index (Phi) is 4.58. The van der Waals surface area contributed by atoms with Crippen LogP contribution in [0, 0.1) is 0 Å². The highest BCUT2D eigenvalue weighted by Crippen LogP contribution is 2.21. The number of aliphatic hydroxyl groups excluding tert-OH is 1. The largest absolute Gasteiger partial charge is 0.447 e. The van der Waals surface area contributed by atoms with Gasteiger partial charge in [-0.3, -0.25) is 4.90 Å². The highest BCUT2D eigenvalue weighted by atomic mass is 16.6. The summed E-state index contributed by atoms with van der Waals surface area (Å²) in [7, 11) is 0. The maximum absolute atomic E-state index is 11.7. The number of carbonyl (C=O) groups excluding carboxylic acids is 1. The average molecular weight is 261 g/mol. The Labute approximate surface area is 113 Å². The topological polar surface area (TPSA) is 49.8 Å². The highest BCUT2D eigenvalue weighted by Gasteiger charge is 2.36. The van der Waals surface area contributed by atoms with Crippen molar-refractivity contribution in [1.29, 1.82) is 0 Å². The van der Waals surface area contributed by atoms with E-state index < -0.39 is 12.3 Å². The van der Waals surface area contributed by atoms with Crippen LogP contribution in [0.2, 0.25) is 0 Å². The predicted octanol–water partition coefficient (Wildman–Crippen LogP) is 2.33. The molecule has 1 heterocycles. The van der Waals surface area contributed by atoms with Crippen LogP contribution in [-0.4, -0.2) is 35.0 Å². The lowest BCUT2D eigenvalue weighted by Gasteiger charge is -2.26. The molecule has 1 N–H and O–H groups in total. The van der Waals surface area contributed by atoms with E-state index in [0.29, 0.717) is 25.9 Å². The highest BCUT2D eigenvalue weighted by molar-refractivity contribution is 5.70. The molecule has 2 rings (SSSR count). The van der Waals surface area contributed by atoms with Gasteiger partial charge in [0.05, 0.1) is 6.04 Å². The van der Waals surface area contributed by atoms with Crippen LogP contribution in [0.25, 0.3) is 0 Å². The second-order valence-electron chi connectivity index (χ2n) is 4.67. The molecule has 0 aliphatic carbocycles. The summed E-state index contributed by atoms with van der Waals surface area (Å²) in [5.74, 6) is 0. The van der Waals surface area contributed by atoms with Gasteiger partial charge in [0, 0.05) is 0 Å². The Morgan fingerprint density at radius 2 is 2.21 bits per heavy atom. The quantitative estimate of drug-likeness (QED) is 0.800. The minimum Gasteiger partial charge on any atom is -0.447 e. The van der Waals surface area contributed by atoms with Gasteiger partial charge in [-0.25, -0.2) is 4.79 Å². The molecule has 0 aromatic heterocycles. The smallest absolute Gasteiger partial charge is 0.412 e. The molecule has 1 aromatic carbocycles. The molecule has 4 heteroatoms. The maximum Gasteiger partial charge on any atom is 0.412 e. The van der Waals surface area contributed by atoms with Crippen LogP contribution in [-0.2, 0) is 11.2 Å². The van der Waals surface area contributed by atoms with Crippen LogP contribution in [0.5, 0.6) is 0 Å². The van der Waals surface area contributed by atoms with Crippen molar-refractivity contribution < 1.29 is 14.6 Å². The van der Waals surface area contributed by atoms with Crippen LogP contribution in [0.3, 0.4) is 0 Å². The Morgan fingerprint density at radius 3 is 2.89 bits per heavy atom. The van der Waals surface area contributed by atoms with Crippen molar-refractivity contribution in [2.45, 2.75) is 31.5 Å². The number of rotatable bonds is 6. The molecule has 1 aromatic rings. The van der Waals surface area contributed by atoms with E-state index in [0.717, 1.165) is 5.56 Å². The lowest BCUT2D eigenvalue weighted by Crippen LogP contribution is -2.43. The fourth-order valence-electron chi connectivity index (χ4n) is 2.29. The molecule has 19 heavy (non-hydrogen) atoms. The zero-order valence-corrected chi connectivity index (χ0v) is 10.9. The number of hydrogen-bond acceptors (Lipinski definition) is 3. The molecule has 102 valence electrons. The van der Waals surface area contributed by atoms with E-state index in [1.165, 1.54) is 4.90 Å². The van der Waals surface area contributed by atoms with Crippen LogP contribution < -0.4 is 0 Å². The van der Waals surface area contributed by atoms with Gasteiger partial charge in [0.25, 0.3) is 0 Å². The Morgan fingerprint density at radius 1 is 1.47 bits per heavy atom. The van der Waals surface area contributed by atoms with Crippen molar-refractivity contribution >= 4 is 6.09 Å². The Bertz CT molecular complexity index is 432. The van der Waals surface area contributed by atoms with Gasteiger partial charge < -0.3 is 9.84 Å². The van der Waals surface area contributed by atoms with Gasteiger partial charge in [0.2, 0.25) is 0 Å². The summed E-state index contributed by atoms with van der Waals surface area (Å²) in [5, 5.41) is 10.1. The van der Waals surface area contributed by atoms with E-state index >= 15 is 0 Å². The van der Waals surface area contributed by atoms with Crippen molar-refractivity contribution in [3.8, 4) is 0 Å². The summed E-state index contributed by atoms with van der Waals surface area (Å²) in [6.07, 6.45) is 2.35. The van der Waals surface area contributed by atoms with E-state index in [1.807, 2.05) is 30.3 Å². The number of amides is 1. The van der Waals surface area contributed by atoms with Crippen molar-refractivity contribution in [1.82, 2.24) is 4.90 Å². The summed E-state index contributed by atoms with van der Waals surface area (Å²) in [6, 6.07) is 9.80. The predicted molar refractivity (Wildman–Crippen MR) is 72.6 cm³/mol. The summed E-state index contributed by atoms with van der Waals surface area (Å²) < 4.78 is 5.05. The van der Waals surface area contributed by atoms with Crippen molar-refractivity contribution in [3.63, 3.8) is 0 Å². The van der Waals surface area contributed by atoms with E-state index in [4.69, 9.17) is 4.74 Å². The number of nitrogens with zero attached hydrogens (tertiary/aromatic N) is 1. The molecule has 1 saturated heterocycles. The summed E-state index contributed by atoms with van der Waals surface area (Å²) in [5.41, 5.74) is 1.13. The van der Waals surface area contributed by atoms with Crippen molar-refractivity contribution in [2.24, 2.45) is 0 Å². The van der Waals surface area contributed by atoms with Gasteiger partial charge >= 0.3 is 6.09 Å². The first-order valence-electron chi connectivity index (χ1n) is 6.50. The zero-order valence-electron chi connectivity index (χ0n) is 10.9. The third-order valence-electron chi connectivity index (χ3n) is 3.27. The number of aliphatic hydroxyl groups is 1. The van der Waals surface area contributed by atoms with Gasteiger partial charge in [-0.05, 0) is 24.8 Å². The molecule has 1 aliphatic rings. The SMILES string of the molecule is C=CCCC(O)N1C(=O)OC[C@@H]1Cc1ccccc1. The first kappa shape index (κ1) is 13.6. The normalized spacial score (nSPS) is 20.2. The second kappa shape index (κ2) is 6.38. The monoisotopic (exact) mass is 261 g/mol. The first-order valence-corrected chi connectivity index (χ1v) is 6.50. The molecule has 1 aliphatic heterocycles. The summed E-state index contributed by atoms with van der Waals surface area (Å²) in [4.78, 5) is 13.1. The zero-order chi connectivity index (χ0) is 13.7. The number of hydrogen-bond donors (Lipinski definition) is 1. The molecule has 2 atom stereocenters. The van der Waals surface area contributed by atoms with E-state index in [1.54, 1.807) is 6.08 Å². The van der Waals surface area contributed by atoms with Gasteiger partial charge in [0.1, 0.15) is 12.8 Å². The van der Waals surface area contributed by atoms with Gasteiger partial charge in [-0.2, -0.15) is 0 Å². The minimum atomic E-state index is -0.804. The third kappa shape index (κ3) is 3.35. The van der Waals surface area contributed by atoms with Crippen LogP contribution in [0.15, 0.2) is 43.0 Å². The van der Waals surface area contributed by atoms with Gasteiger partial charge in [-0.15, -0.1) is 6.58 Å².